The number of unbranched alkanes of at least 4 members (excludes halogenated alkanes) is 10. The molecule has 0 aliphatic carbocycles. The molecule has 2 atom stereocenters. The molecule has 0 saturated carbocycles. The SMILES string of the molecule is CCCCCCCCC(O)C(CCCCCCCC(=O)N(CCO)CCCCO)OCCOCC. The summed E-state index contributed by atoms with van der Waals surface area (Å²) in [6.45, 7) is 7.05. The Labute approximate surface area is 215 Å². The van der Waals surface area contributed by atoms with Crippen molar-refractivity contribution in [2.45, 2.75) is 129 Å². The summed E-state index contributed by atoms with van der Waals surface area (Å²) in [4.78, 5) is 14.1. The van der Waals surface area contributed by atoms with E-state index < -0.39 is 6.10 Å². The second-order valence-electron chi connectivity index (χ2n) is 9.57. The molecule has 0 aromatic carbocycles. The van der Waals surface area contributed by atoms with Gasteiger partial charge in [-0.05, 0) is 39.0 Å². The second kappa shape index (κ2) is 26.3. The van der Waals surface area contributed by atoms with E-state index in [-0.39, 0.29) is 25.2 Å². The Morgan fingerprint density at radius 2 is 1.40 bits per heavy atom. The fourth-order valence-electron chi connectivity index (χ4n) is 4.32. The zero-order chi connectivity index (χ0) is 26.0. The molecule has 0 rings (SSSR count). The third kappa shape index (κ3) is 21.1. The van der Waals surface area contributed by atoms with Gasteiger partial charge in [0.05, 0.1) is 32.0 Å². The van der Waals surface area contributed by atoms with Crippen LogP contribution >= 0.6 is 0 Å². The van der Waals surface area contributed by atoms with Crippen LogP contribution in [0.3, 0.4) is 0 Å². The molecule has 3 N–H and O–H groups in total. The number of rotatable bonds is 27. The van der Waals surface area contributed by atoms with E-state index in [0.717, 1.165) is 57.8 Å². The van der Waals surface area contributed by atoms with E-state index >= 15 is 0 Å². The van der Waals surface area contributed by atoms with Crippen molar-refractivity contribution in [1.29, 1.82) is 0 Å². The molecule has 0 radical (unpaired) electrons. The van der Waals surface area contributed by atoms with Gasteiger partial charge in [-0.25, -0.2) is 0 Å². The van der Waals surface area contributed by atoms with Crippen LogP contribution in [0.2, 0.25) is 0 Å². The number of nitrogens with zero attached hydrogens (tertiary/aromatic N) is 1. The van der Waals surface area contributed by atoms with Crippen LogP contribution < -0.4 is 0 Å². The van der Waals surface area contributed by atoms with Gasteiger partial charge in [0.2, 0.25) is 5.91 Å². The monoisotopic (exact) mass is 503 g/mol. The Balaban J connectivity index is 4.14. The van der Waals surface area contributed by atoms with E-state index in [1.807, 2.05) is 6.92 Å². The maximum Gasteiger partial charge on any atom is 0.222 e. The summed E-state index contributed by atoms with van der Waals surface area (Å²) in [6.07, 6.45) is 15.4. The predicted molar refractivity (Wildman–Crippen MR) is 143 cm³/mol. The van der Waals surface area contributed by atoms with Crippen LogP contribution in [-0.2, 0) is 14.3 Å². The van der Waals surface area contributed by atoms with Gasteiger partial charge in [-0.15, -0.1) is 0 Å². The first-order chi connectivity index (χ1) is 17.1. The molecular weight excluding hydrogens is 446 g/mol. The fraction of sp³-hybridized carbons (Fsp3) is 0.964. The van der Waals surface area contributed by atoms with E-state index in [0.29, 0.717) is 45.8 Å². The molecular formula is C28H57NO6. The van der Waals surface area contributed by atoms with Crippen molar-refractivity contribution < 1.29 is 29.6 Å². The molecule has 0 bridgehead atoms. The average Bonchev–Trinajstić information content (AvgIpc) is 2.86. The smallest absolute Gasteiger partial charge is 0.222 e. The minimum atomic E-state index is -0.413. The lowest BCUT2D eigenvalue weighted by atomic mass is 9.99. The molecule has 7 nitrogen and oxygen atoms in total. The van der Waals surface area contributed by atoms with Crippen LogP contribution in [0.5, 0.6) is 0 Å². The number of aliphatic hydroxyl groups excluding tert-OH is 3. The summed E-state index contributed by atoms with van der Waals surface area (Å²) >= 11 is 0. The van der Waals surface area contributed by atoms with Gasteiger partial charge in [0, 0.05) is 32.7 Å². The van der Waals surface area contributed by atoms with Crippen LogP contribution in [0.1, 0.15) is 117 Å². The molecule has 0 heterocycles. The number of aliphatic hydroxyl groups is 3. The van der Waals surface area contributed by atoms with Crippen molar-refractivity contribution in [1.82, 2.24) is 4.90 Å². The topological polar surface area (TPSA) is 99.5 Å². The number of ether oxygens (including phenoxy) is 2. The first kappa shape index (κ1) is 34.3. The number of hydrogen-bond acceptors (Lipinski definition) is 6. The summed E-state index contributed by atoms with van der Waals surface area (Å²) in [5.74, 6) is 0.0950. The molecule has 0 spiro atoms. The largest absolute Gasteiger partial charge is 0.396 e. The molecule has 0 saturated heterocycles. The van der Waals surface area contributed by atoms with Crippen molar-refractivity contribution in [3.05, 3.63) is 0 Å². The maximum atomic E-state index is 12.4. The number of carbonyl (C=O) groups excluding carboxylic acids is 1. The van der Waals surface area contributed by atoms with Gasteiger partial charge in [-0.3, -0.25) is 4.79 Å². The molecule has 0 aromatic heterocycles. The van der Waals surface area contributed by atoms with E-state index in [4.69, 9.17) is 14.6 Å². The van der Waals surface area contributed by atoms with Gasteiger partial charge >= 0.3 is 0 Å². The number of carbonyl (C=O) groups is 1. The van der Waals surface area contributed by atoms with Gasteiger partial charge in [-0.2, -0.15) is 0 Å². The molecule has 7 heteroatoms. The zero-order valence-electron chi connectivity index (χ0n) is 22.9. The van der Waals surface area contributed by atoms with Crippen molar-refractivity contribution in [2.24, 2.45) is 0 Å². The first-order valence-electron chi connectivity index (χ1n) is 14.5. The quantitative estimate of drug-likeness (QED) is 0.139. The number of hydrogen-bond donors (Lipinski definition) is 3. The Kier molecular flexibility index (Phi) is 25.8. The summed E-state index contributed by atoms with van der Waals surface area (Å²) in [7, 11) is 0. The number of amides is 1. The van der Waals surface area contributed by atoms with Gasteiger partial charge in [0.25, 0.3) is 0 Å². The normalized spacial score (nSPS) is 13.2. The van der Waals surface area contributed by atoms with Crippen molar-refractivity contribution in [2.75, 3.05) is 46.1 Å². The van der Waals surface area contributed by atoms with Crippen molar-refractivity contribution >= 4 is 5.91 Å². The lowest BCUT2D eigenvalue weighted by molar-refractivity contribution is -0.132. The van der Waals surface area contributed by atoms with E-state index in [9.17, 15) is 15.0 Å². The van der Waals surface area contributed by atoms with Crippen LogP contribution in [0.25, 0.3) is 0 Å². The Morgan fingerprint density at radius 3 is 2.06 bits per heavy atom. The van der Waals surface area contributed by atoms with Crippen LogP contribution in [0.4, 0.5) is 0 Å². The van der Waals surface area contributed by atoms with Gasteiger partial charge in [-0.1, -0.05) is 71.1 Å². The molecule has 35 heavy (non-hydrogen) atoms. The maximum absolute atomic E-state index is 12.4. The standard InChI is InChI=1S/C28H57NO6/c1-3-5-6-7-9-12-17-26(32)27(35-25-24-34-4-2)18-13-10-8-11-14-19-28(33)29(21-23-31)20-15-16-22-30/h26-27,30-32H,3-25H2,1-2H3. The fourth-order valence-corrected chi connectivity index (χ4v) is 4.32. The Bertz CT molecular complexity index is 451. The van der Waals surface area contributed by atoms with Crippen LogP contribution in [-0.4, -0.2) is 84.5 Å². The van der Waals surface area contributed by atoms with Crippen LogP contribution in [0.15, 0.2) is 0 Å². The van der Waals surface area contributed by atoms with Crippen molar-refractivity contribution in [3.8, 4) is 0 Å². The zero-order valence-corrected chi connectivity index (χ0v) is 22.9. The van der Waals surface area contributed by atoms with Gasteiger partial charge in [0.1, 0.15) is 0 Å². The molecule has 0 fully saturated rings. The lowest BCUT2D eigenvalue weighted by Crippen LogP contribution is -2.34. The Hall–Kier alpha value is -0.730. The summed E-state index contributed by atoms with van der Waals surface area (Å²) in [5, 5.41) is 28.8. The highest BCUT2D eigenvalue weighted by atomic mass is 16.5. The molecule has 2 unspecified atom stereocenters. The molecule has 0 aliphatic rings. The Morgan fingerprint density at radius 1 is 0.743 bits per heavy atom. The molecule has 0 aliphatic heterocycles. The van der Waals surface area contributed by atoms with E-state index in [2.05, 4.69) is 6.92 Å². The molecule has 0 aromatic rings. The van der Waals surface area contributed by atoms with E-state index in [1.54, 1.807) is 4.90 Å². The first-order valence-corrected chi connectivity index (χ1v) is 14.5. The second-order valence-corrected chi connectivity index (χ2v) is 9.57. The third-order valence-corrected chi connectivity index (χ3v) is 6.48. The molecule has 1 amide bonds. The van der Waals surface area contributed by atoms with Gasteiger partial charge < -0.3 is 29.7 Å². The molecule has 210 valence electrons. The van der Waals surface area contributed by atoms with E-state index in [1.165, 1.54) is 32.1 Å². The highest BCUT2D eigenvalue weighted by Crippen LogP contribution is 2.18. The third-order valence-electron chi connectivity index (χ3n) is 6.48. The summed E-state index contributed by atoms with van der Waals surface area (Å²) < 4.78 is 11.4. The van der Waals surface area contributed by atoms with Gasteiger partial charge in [0.15, 0.2) is 0 Å². The predicted octanol–water partition coefficient (Wildman–Crippen LogP) is 4.84. The summed E-state index contributed by atoms with van der Waals surface area (Å²) in [5.41, 5.74) is 0. The minimum Gasteiger partial charge on any atom is -0.396 e. The summed E-state index contributed by atoms with van der Waals surface area (Å²) in [6, 6.07) is 0. The van der Waals surface area contributed by atoms with Crippen LogP contribution in [0, 0.1) is 0 Å². The average molecular weight is 504 g/mol. The minimum absolute atomic E-state index is 0.0244. The highest BCUT2D eigenvalue weighted by molar-refractivity contribution is 5.76. The van der Waals surface area contributed by atoms with Crippen molar-refractivity contribution in [3.63, 3.8) is 0 Å². The highest BCUT2D eigenvalue weighted by Gasteiger charge is 2.19. The lowest BCUT2D eigenvalue weighted by Gasteiger charge is -2.24.